The molecule has 1 saturated heterocycles. The first-order valence-electron chi connectivity index (χ1n) is 4.12. The summed E-state index contributed by atoms with van der Waals surface area (Å²) in [4.78, 5) is 0. The van der Waals surface area contributed by atoms with Gasteiger partial charge in [0.1, 0.15) is 0 Å². The Kier molecular flexibility index (Phi) is 3.76. The van der Waals surface area contributed by atoms with E-state index in [1.807, 2.05) is 0 Å². The lowest BCUT2D eigenvalue weighted by Gasteiger charge is -2.09. The highest BCUT2D eigenvalue weighted by molar-refractivity contribution is 4.61. The van der Waals surface area contributed by atoms with E-state index in [9.17, 15) is 0 Å². The van der Waals surface area contributed by atoms with Crippen molar-refractivity contribution in [2.24, 2.45) is 5.92 Å². The molecule has 60 valence electrons. The lowest BCUT2D eigenvalue weighted by Crippen LogP contribution is -2.03. The maximum atomic E-state index is 8.67. The quantitative estimate of drug-likeness (QED) is 0.630. The minimum absolute atomic E-state index is 0.338. The predicted molar refractivity (Wildman–Crippen MR) is 39.9 cm³/mol. The van der Waals surface area contributed by atoms with Crippen LogP contribution in [0.3, 0.4) is 0 Å². The maximum Gasteiger partial charge on any atom is 0.0468 e. The summed E-state index contributed by atoms with van der Waals surface area (Å²) in [6.07, 6.45) is 4.51. The fraction of sp³-hybridized carbons (Fsp3) is 1.00. The zero-order chi connectivity index (χ0) is 7.23. The molecule has 1 fully saturated rings. The first kappa shape index (κ1) is 8.02. The van der Waals surface area contributed by atoms with Gasteiger partial charge < -0.3 is 9.84 Å². The minimum Gasteiger partial charge on any atom is -0.396 e. The van der Waals surface area contributed by atoms with Crippen LogP contribution in [0.2, 0.25) is 0 Å². The molecule has 0 amide bonds. The first-order chi connectivity index (χ1) is 4.93. The lowest BCUT2D eigenvalue weighted by molar-refractivity contribution is 0.139. The van der Waals surface area contributed by atoms with Crippen molar-refractivity contribution in [3.05, 3.63) is 0 Å². The molecule has 1 N–H and O–H groups in total. The van der Waals surface area contributed by atoms with Gasteiger partial charge in [0, 0.05) is 19.8 Å². The van der Waals surface area contributed by atoms with Gasteiger partial charge >= 0.3 is 0 Å². The van der Waals surface area contributed by atoms with E-state index in [2.05, 4.69) is 0 Å². The van der Waals surface area contributed by atoms with Crippen LogP contribution in [0.25, 0.3) is 0 Å². The molecule has 1 heterocycles. The molecule has 0 radical (unpaired) electrons. The average molecular weight is 144 g/mol. The van der Waals surface area contributed by atoms with Gasteiger partial charge in [-0.2, -0.15) is 0 Å². The summed E-state index contributed by atoms with van der Waals surface area (Å²) in [5.74, 6) is 0.715. The monoisotopic (exact) mass is 144 g/mol. The van der Waals surface area contributed by atoms with Crippen molar-refractivity contribution in [1.82, 2.24) is 0 Å². The van der Waals surface area contributed by atoms with Gasteiger partial charge in [-0.3, -0.25) is 0 Å². The molecule has 1 aliphatic heterocycles. The lowest BCUT2D eigenvalue weighted by atomic mass is 9.98. The van der Waals surface area contributed by atoms with Crippen LogP contribution in [0.15, 0.2) is 0 Å². The fourth-order valence-electron chi connectivity index (χ4n) is 1.44. The number of ether oxygens (including phenoxy) is 1. The fourth-order valence-corrected chi connectivity index (χ4v) is 1.44. The van der Waals surface area contributed by atoms with E-state index in [1.165, 1.54) is 12.8 Å². The van der Waals surface area contributed by atoms with Gasteiger partial charge in [0.05, 0.1) is 0 Å². The summed E-state index contributed by atoms with van der Waals surface area (Å²) in [5, 5.41) is 8.67. The SMILES string of the molecule is OCCC1CCCOCC1. The van der Waals surface area contributed by atoms with Gasteiger partial charge in [-0.05, 0) is 31.6 Å². The second kappa shape index (κ2) is 4.69. The Morgan fingerprint density at radius 3 is 3.00 bits per heavy atom. The van der Waals surface area contributed by atoms with Crippen molar-refractivity contribution in [3.63, 3.8) is 0 Å². The predicted octanol–water partition coefficient (Wildman–Crippen LogP) is 1.19. The van der Waals surface area contributed by atoms with Crippen LogP contribution in [0.1, 0.15) is 25.7 Å². The number of hydrogen-bond donors (Lipinski definition) is 1. The summed E-state index contributed by atoms with van der Waals surface area (Å²) in [7, 11) is 0. The number of rotatable bonds is 2. The number of hydrogen-bond acceptors (Lipinski definition) is 2. The van der Waals surface area contributed by atoms with Gasteiger partial charge in [0.15, 0.2) is 0 Å². The normalized spacial score (nSPS) is 27.9. The summed E-state index contributed by atoms with van der Waals surface area (Å²) in [6.45, 7) is 2.15. The smallest absolute Gasteiger partial charge is 0.0468 e. The molecule has 0 bridgehead atoms. The number of aliphatic hydroxyl groups is 1. The molecule has 0 spiro atoms. The van der Waals surface area contributed by atoms with Gasteiger partial charge in [-0.1, -0.05) is 0 Å². The summed E-state index contributed by atoms with van der Waals surface area (Å²) in [5.41, 5.74) is 0. The first-order valence-corrected chi connectivity index (χ1v) is 4.12. The second-order valence-corrected chi connectivity index (χ2v) is 2.92. The van der Waals surface area contributed by atoms with Crippen LogP contribution in [-0.2, 0) is 4.74 Å². The van der Waals surface area contributed by atoms with E-state index < -0.39 is 0 Å². The zero-order valence-electron chi connectivity index (χ0n) is 6.38. The van der Waals surface area contributed by atoms with E-state index in [1.54, 1.807) is 0 Å². The molecule has 0 aliphatic carbocycles. The van der Waals surface area contributed by atoms with Crippen molar-refractivity contribution in [2.75, 3.05) is 19.8 Å². The van der Waals surface area contributed by atoms with Crippen LogP contribution in [0.5, 0.6) is 0 Å². The Hall–Kier alpha value is -0.0800. The third-order valence-electron chi connectivity index (χ3n) is 2.11. The van der Waals surface area contributed by atoms with Gasteiger partial charge in [-0.15, -0.1) is 0 Å². The van der Waals surface area contributed by atoms with Crippen LogP contribution in [0.4, 0.5) is 0 Å². The Bertz CT molecular complexity index is 75.3. The molecule has 2 nitrogen and oxygen atoms in total. The van der Waals surface area contributed by atoms with Gasteiger partial charge in [0.25, 0.3) is 0 Å². The molecular formula is C8H16O2. The molecule has 0 aromatic heterocycles. The second-order valence-electron chi connectivity index (χ2n) is 2.92. The van der Waals surface area contributed by atoms with E-state index >= 15 is 0 Å². The van der Waals surface area contributed by atoms with Crippen LogP contribution in [0, 0.1) is 5.92 Å². The van der Waals surface area contributed by atoms with E-state index in [0.717, 1.165) is 26.1 Å². The topological polar surface area (TPSA) is 29.5 Å². The van der Waals surface area contributed by atoms with Crippen LogP contribution in [-0.4, -0.2) is 24.9 Å². The third kappa shape index (κ3) is 2.67. The Morgan fingerprint density at radius 2 is 2.20 bits per heavy atom. The molecular weight excluding hydrogens is 128 g/mol. The maximum absolute atomic E-state index is 8.67. The van der Waals surface area contributed by atoms with Crippen molar-refractivity contribution < 1.29 is 9.84 Å². The zero-order valence-corrected chi connectivity index (χ0v) is 6.38. The molecule has 0 saturated carbocycles. The van der Waals surface area contributed by atoms with Crippen LogP contribution < -0.4 is 0 Å². The Morgan fingerprint density at radius 1 is 1.30 bits per heavy atom. The van der Waals surface area contributed by atoms with Crippen molar-refractivity contribution in [1.29, 1.82) is 0 Å². The third-order valence-corrected chi connectivity index (χ3v) is 2.11. The van der Waals surface area contributed by atoms with Gasteiger partial charge in [-0.25, -0.2) is 0 Å². The van der Waals surface area contributed by atoms with Crippen molar-refractivity contribution in [3.8, 4) is 0 Å². The highest BCUT2D eigenvalue weighted by atomic mass is 16.5. The summed E-state index contributed by atoms with van der Waals surface area (Å²) in [6, 6.07) is 0. The molecule has 1 aliphatic rings. The minimum atomic E-state index is 0.338. The molecule has 10 heavy (non-hydrogen) atoms. The molecule has 1 unspecified atom stereocenters. The Labute approximate surface area is 62.2 Å². The molecule has 0 aromatic rings. The van der Waals surface area contributed by atoms with Gasteiger partial charge in [0.2, 0.25) is 0 Å². The average Bonchev–Trinajstić information content (AvgIpc) is 2.17. The van der Waals surface area contributed by atoms with E-state index in [-0.39, 0.29) is 0 Å². The Balaban J connectivity index is 2.15. The summed E-state index contributed by atoms with van der Waals surface area (Å²) < 4.78 is 5.29. The largest absolute Gasteiger partial charge is 0.396 e. The van der Waals surface area contributed by atoms with E-state index in [0.29, 0.717) is 12.5 Å². The molecule has 1 rings (SSSR count). The molecule has 1 atom stereocenters. The van der Waals surface area contributed by atoms with Crippen molar-refractivity contribution >= 4 is 0 Å². The molecule has 2 heteroatoms. The van der Waals surface area contributed by atoms with E-state index in [4.69, 9.17) is 9.84 Å². The molecule has 0 aromatic carbocycles. The highest BCUT2D eigenvalue weighted by Gasteiger charge is 2.10. The van der Waals surface area contributed by atoms with Crippen LogP contribution >= 0.6 is 0 Å². The number of aliphatic hydroxyl groups excluding tert-OH is 1. The standard InChI is InChI=1S/C8H16O2/c9-5-3-8-2-1-6-10-7-4-8/h8-9H,1-7H2. The van der Waals surface area contributed by atoms with Crippen molar-refractivity contribution in [2.45, 2.75) is 25.7 Å². The highest BCUT2D eigenvalue weighted by Crippen LogP contribution is 2.18. The summed E-state index contributed by atoms with van der Waals surface area (Å²) >= 11 is 0.